The molecule has 0 heterocycles. The average Bonchev–Trinajstić information content (AvgIpc) is 3.09. The summed E-state index contributed by atoms with van der Waals surface area (Å²) >= 11 is 6.28. The maximum absolute atomic E-state index is 14.1. The summed E-state index contributed by atoms with van der Waals surface area (Å²) in [6.45, 7) is 2.21. The molecule has 0 aliphatic heterocycles. The number of benzene rings is 5. The third-order valence-electron chi connectivity index (χ3n) is 8.72. The first-order valence-electron chi connectivity index (χ1n) is 16.0. The highest BCUT2D eigenvalue weighted by atomic mass is 35.5. The van der Waals surface area contributed by atoms with Crippen LogP contribution in [-0.4, -0.2) is 39.0 Å². The van der Waals surface area contributed by atoms with Gasteiger partial charge in [-0.15, -0.1) is 0 Å². The Morgan fingerprint density at radius 1 is 0.708 bits per heavy atom. The molecule has 0 spiro atoms. The summed E-state index contributed by atoms with van der Waals surface area (Å²) in [6, 6.07) is 39.5. The molecule has 0 saturated heterocycles. The molecule has 5 rings (SSSR count). The summed E-state index contributed by atoms with van der Waals surface area (Å²) in [7, 11) is 0. The lowest BCUT2D eigenvalue weighted by Gasteiger charge is -2.36. The molecular weight excluding hydrogens is 622 g/mol. The van der Waals surface area contributed by atoms with Gasteiger partial charge in [0.15, 0.2) is 0 Å². The summed E-state index contributed by atoms with van der Waals surface area (Å²) in [4.78, 5) is 39.3. The Hall–Kier alpha value is -5.20. The fourth-order valence-electron chi connectivity index (χ4n) is 6.11. The number of aliphatic carboxylic acids is 2. The van der Waals surface area contributed by atoms with Crippen LogP contribution in [0.2, 0.25) is 5.02 Å². The van der Waals surface area contributed by atoms with Crippen LogP contribution in [0.15, 0.2) is 121 Å². The van der Waals surface area contributed by atoms with E-state index in [0.29, 0.717) is 11.4 Å². The number of halogens is 1. The van der Waals surface area contributed by atoms with E-state index in [2.05, 4.69) is 24.3 Å². The molecular formula is C41H38ClNO5. The van der Waals surface area contributed by atoms with E-state index < -0.39 is 42.6 Å². The molecule has 6 nitrogen and oxygen atoms in total. The Balaban J connectivity index is 1.50. The van der Waals surface area contributed by atoms with Gasteiger partial charge in [0, 0.05) is 29.9 Å². The SMILES string of the molecule is CC(C(Cc1cccc(/C=C/c2ccccc2)c1)c1ccc(Cl)cc1)N(Cc1ccc2ccccc2c1)C(=O)CC(CC(=O)O)C(=O)O. The molecule has 5 aromatic rings. The number of nitrogens with zero attached hydrogens (tertiary/aromatic N) is 1. The zero-order valence-electron chi connectivity index (χ0n) is 26.7. The molecule has 0 saturated carbocycles. The third-order valence-corrected chi connectivity index (χ3v) is 8.98. The molecule has 0 aliphatic carbocycles. The van der Waals surface area contributed by atoms with Crippen molar-refractivity contribution in [3.8, 4) is 0 Å². The molecule has 3 atom stereocenters. The Bertz CT molecular complexity index is 1900. The van der Waals surface area contributed by atoms with Crippen LogP contribution in [0.5, 0.6) is 0 Å². The van der Waals surface area contributed by atoms with Gasteiger partial charge in [0.2, 0.25) is 5.91 Å². The highest BCUT2D eigenvalue weighted by Gasteiger charge is 2.33. The highest BCUT2D eigenvalue weighted by Crippen LogP contribution is 2.32. The lowest BCUT2D eigenvalue weighted by Crippen LogP contribution is -2.43. The number of amides is 1. The fraction of sp³-hybridized carbons (Fsp3) is 0.195. The number of carbonyl (C=O) groups is 3. The van der Waals surface area contributed by atoms with Crippen LogP contribution in [0, 0.1) is 5.92 Å². The maximum Gasteiger partial charge on any atom is 0.307 e. The first kappa shape index (κ1) is 34.1. The Morgan fingerprint density at radius 3 is 2.08 bits per heavy atom. The van der Waals surface area contributed by atoms with Crippen molar-refractivity contribution in [3.05, 3.63) is 154 Å². The summed E-state index contributed by atoms with van der Waals surface area (Å²) in [6.07, 6.45) is 3.67. The van der Waals surface area contributed by atoms with Crippen LogP contribution in [0.3, 0.4) is 0 Å². The number of rotatable bonds is 14. The van der Waals surface area contributed by atoms with Crippen LogP contribution >= 0.6 is 11.6 Å². The second kappa shape index (κ2) is 16.1. The summed E-state index contributed by atoms with van der Waals surface area (Å²) in [5.74, 6) is -4.52. The Kier molecular flexibility index (Phi) is 11.4. The van der Waals surface area contributed by atoms with Gasteiger partial charge in [-0.2, -0.15) is 0 Å². The lowest BCUT2D eigenvalue weighted by atomic mass is 9.84. The van der Waals surface area contributed by atoms with Gasteiger partial charge >= 0.3 is 11.9 Å². The van der Waals surface area contributed by atoms with E-state index in [1.165, 1.54) is 0 Å². The molecule has 7 heteroatoms. The molecule has 5 aromatic carbocycles. The third kappa shape index (κ3) is 9.20. The minimum Gasteiger partial charge on any atom is -0.481 e. The molecule has 244 valence electrons. The summed E-state index contributed by atoms with van der Waals surface area (Å²) < 4.78 is 0. The number of carbonyl (C=O) groups excluding carboxylic acids is 1. The van der Waals surface area contributed by atoms with E-state index in [9.17, 15) is 24.6 Å². The minimum absolute atomic E-state index is 0.192. The molecule has 0 aliphatic rings. The van der Waals surface area contributed by atoms with E-state index in [0.717, 1.165) is 38.6 Å². The summed E-state index contributed by atoms with van der Waals surface area (Å²) in [5, 5.41) is 21.9. The van der Waals surface area contributed by atoms with Crippen molar-refractivity contribution in [2.24, 2.45) is 5.92 Å². The van der Waals surface area contributed by atoms with Crippen LogP contribution in [0.4, 0.5) is 0 Å². The predicted octanol–water partition coefficient (Wildman–Crippen LogP) is 8.97. The van der Waals surface area contributed by atoms with E-state index >= 15 is 0 Å². The Morgan fingerprint density at radius 2 is 1.38 bits per heavy atom. The summed E-state index contributed by atoms with van der Waals surface area (Å²) in [5.41, 5.74) is 5.09. The maximum atomic E-state index is 14.1. The van der Waals surface area contributed by atoms with E-state index in [1.54, 1.807) is 4.90 Å². The topological polar surface area (TPSA) is 94.9 Å². The van der Waals surface area contributed by atoms with E-state index in [1.807, 2.05) is 116 Å². The molecule has 0 aromatic heterocycles. The van der Waals surface area contributed by atoms with Crippen molar-refractivity contribution < 1.29 is 24.6 Å². The lowest BCUT2D eigenvalue weighted by molar-refractivity contribution is -0.151. The molecule has 1 amide bonds. The van der Waals surface area contributed by atoms with Crippen molar-refractivity contribution in [1.29, 1.82) is 0 Å². The molecule has 3 unspecified atom stereocenters. The quantitative estimate of drug-likeness (QED) is 0.116. The zero-order valence-corrected chi connectivity index (χ0v) is 27.5. The van der Waals surface area contributed by atoms with Gasteiger partial charge < -0.3 is 15.1 Å². The van der Waals surface area contributed by atoms with Gasteiger partial charge in [0.05, 0.1) is 12.3 Å². The molecule has 2 N–H and O–H groups in total. The second-order valence-electron chi connectivity index (χ2n) is 12.1. The van der Waals surface area contributed by atoms with Gasteiger partial charge in [-0.3, -0.25) is 14.4 Å². The fourth-order valence-corrected chi connectivity index (χ4v) is 6.23. The monoisotopic (exact) mass is 659 g/mol. The van der Waals surface area contributed by atoms with Crippen molar-refractivity contribution in [2.45, 2.75) is 44.7 Å². The highest BCUT2D eigenvalue weighted by molar-refractivity contribution is 6.30. The molecule has 0 fully saturated rings. The van der Waals surface area contributed by atoms with E-state index in [-0.39, 0.29) is 12.5 Å². The van der Waals surface area contributed by atoms with Crippen molar-refractivity contribution >= 4 is 52.4 Å². The zero-order chi connectivity index (χ0) is 34.0. The first-order valence-corrected chi connectivity index (χ1v) is 16.3. The number of hydrogen-bond donors (Lipinski definition) is 2. The molecule has 0 bridgehead atoms. The van der Waals surface area contributed by atoms with Gasteiger partial charge in [-0.1, -0.05) is 127 Å². The largest absolute Gasteiger partial charge is 0.481 e. The van der Waals surface area contributed by atoms with Crippen LogP contribution < -0.4 is 0 Å². The predicted molar refractivity (Wildman–Crippen MR) is 192 cm³/mol. The second-order valence-corrected chi connectivity index (χ2v) is 12.6. The van der Waals surface area contributed by atoms with E-state index in [4.69, 9.17) is 11.6 Å². The van der Waals surface area contributed by atoms with Crippen molar-refractivity contribution in [2.75, 3.05) is 0 Å². The average molecular weight is 660 g/mol. The smallest absolute Gasteiger partial charge is 0.307 e. The standard InChI is InChI=1S/C41H38ClNO5/c1-28(43(39(44)25-36(41(47)48)26-40(45)46)27-32-16-17-33-12-5-6-13-35(33)23-32)38(34-18-20-37(42)21-19-34)24-31-11-7-10-30(22-31)15-14-29-8-3-2-4-9-29/h2-23,28,36,38H,24-27H2,1H3,(H,45,46)(H,47,48)/b15-14+. The Labute approximate surface area is 285 Å². The first-order chi connectivity index (χ1) is 23.2. The van der Waals surface area contributed by atoms with Crippen LogP contribution in [0.25, 0.3) is 22.9 Å². The van der Waals surface area contributed by atoms with Gasteiger partial charge in [-0.05, 0) is 70.1 Å². The van der Waals surface area contributed by atoms with Crippen molar-refractivity contribution in [3.63, 3.8) is 0 Å². The van der Waals surface area contributed by atoms with Gasteiger partial charge in [0.25, 0.3) is 0 Å². The van der Waals surface area contributed by atoms with Gasteiger partial charge in [-0.25, -0.2) is 0 Å². The van der Waals surface area contributed by atoms with Crippen LogP contribution in [-0.2, 0) is 27.3 Å². The minimum atomic E-state index is -1.34. The number of carboxylic acid groups (broad SMARTS) is 2. The number of fused-ring (bicyclic) bond motifs is 1. The number of carboxylic acids is 2. The number of hydrogen-bond acceptors (Lipinski definition) is 3. The normalized spacial score (nSPS) is 13.2. The van der Waals surface area contributed by atoms with Crippen molar-refractivity contribution in [1.82, 2.24) is 4.90 Å². The van der Waals surface area contributed by atoms with Gasteiger partial charge in [0.1, 0.15) is 0 Å². The molecule has 0 radical (unpaired) electrons. The van der Waals surface area contributed by atoms with Crippen LogP contribution in [0.1, 0.15) is 53.5 Å². The molecule has 48 heavy (non-hydrogen) atoms.